The van der Waals surface area contributed by atoms with Crippen LogP contribution >= 0.6 is 18.9 Å². The van der Waals surface area contributed by atoms with Gasteiger partial charge in [0.15, 0.2) is 0 Å². The average Bonchev–Trinajstić information content (AvgIpc) is 2.98. The van der Waals surface area contributed by atoms with Crippen molar-refractivity contribution in [2.75, 3.05) is 18.1 Å². The van der Waals surface area contributed by atoms with Gasteiger partial charge in [-0.2, -0.15) is 0 Å². The van der Waals surface area contributed by atoms with Crippen LogP contribution in [-0.4, -0.2) is 39.2 Å². The Morgan fingerprint density at radius 1 is 0.878 bits per heavy atom. The van der Waals surface area contributed by atoms with Crippen molar-refractivity contribution >= 4 is 62.4 Å². The van der Waals surface area contributed by atoms with Crippen LogP contribution in [0.15, 0.2) is 119 Å². The third-order valence-electron chi connectivity index (χ3n) is 6.79. The number of sulfonamides is 1. The summed E-state index contributed by atoms with van der Waals surface area (Å²) in [5.41, 5.74) is 0.374. The van der Waals surface area contributed by atoms with Crippen molar-refractivity contribution in [3.63, 3.8) is 0 Å². The number of benzene rings is 4. The molecule has 7 nitrogen and oxygen atoms in total. The first-order chi connectivity index (χ1) is 19.8. The van der Waals surface area contributed by atoms with E-state index in [4.69, 9.17) is 16.3 Å². The van der Waals surface area contributed by atoms with Gasteiger partial charge in [-0.1, -0.05) is 66.2 Å². The fourth-order valence-electron chi connectivity index (χ4n) is 4.90. The summed E-state index contributed by atoms with van der Waals surface area (Å²) in [5.74, 6) is -0.271. The summed E-state index contributed by atoms with van der Waals surface area (Å²) in [4.78, 5) is 17.5. The van der Waals surface area contributed by atoms with Crippen molar-refractivity contribution in [2.24, 2.45) is 4.99 Å². The molecule has 0 fully saturated rings. The molecule has 4 aromatic carbocycles. The average molecular weight is 607 g/mol. The number of aliphatic imine (C=N–C) groups is 1. The van der Waals surface area contributed by atoms with Gasteiger partial charge in [0, 0.05) is 5.02 Å². The summed E-state index contributed by atoms with van der Waals surface area (Å²) >= 11 is 5.96. The van der Waals surface area contributed by atoms with Gasteiger partial charge in [0.25, 0.3) is 10.0 Å². The van der Waals surface area contributed by atoms with E-state index >= 15 is 0 Å². The second-order valence-corrected chi connectivity index (χ2v) is 15.4. The number of nitrogens with one attached hydrogen (secondary N) is 2. The Morgan fingerprint density at radius 3 is 1.95 bits per heavy atom. The summed E-state index contributed by atoms with van der Waals surface area (Å²) in [7, 11) is -5.98. The van der Waals surface area contributed by atoms with Crippen LogP contribution in [0.3, 0.4) is 0 Å². The molecular formula is C31H30ClN3O4PS+. The van der Waals surface area contributed by atoms with Crippen molar-refractivity contribution in [3.8, 4) is 0 Å². The molecule has 0 saturated heterocycles. The van der Waals surface area contributed by atoms with Crippen LogP contribution in [0.1, 0.15) is 13.3 Å². The number of guanidine groups is 1. The van der Waals surface area contributed by atoms with Gasteiger partial charge in [-0.25, -0.2) is 18.1 Å². The lowest BCUT2D eigenvalue weighted by Crippen LogP contribution is -2.41. The number of hydrogen-bond acceptors (Lipinski definition) is 5. The number of halogens is 1. The Labute approximate surface area is 246 Å². The first-order valence-electron chi connectivity index (χ1n) is 13.2. The third-order valence-corrected chi connectivity index (χ3v) is 12.8. The quantitative estimate of drug-likeness (QED) is 0.212. The number of carbonyl (C=O) groups is 1. The van der Waals surface area contributed by atoms with Crippen LogP contribution < -0.4 is 26.0 Å². The Morgan fingerprint density at radius 2 is 1.41 bits per heavy atom. The lowest BCUT2D eigenvalue weighted by atomic mass is 10.3. The molecule has 1 aliphatic rings. The van der Waals surface area contributed by atoms with Gasteiger partial charge < -0.3 is 10.1 Å². The molecule has 0 aliphatic carbocycles. The van der Waals surface area contributed by atoms with Crippen LogP contribution in [0.2, 0.25) is 5.02 Å². The predicted molar refractivity (Wildman–Crippen MR) is 168 cm³/mol. The van der Waals surface area contributed by atoms with E-state index in [1.165, 1.54) is 22.0 Å². The van der Waals surface area contributed by atoms with Crippen LogP contribution in [0.4, 0.5) is 5.69 Å². The molecule has 0 radical (unpaired) electrons. The Hall–Kier alpha value is -3.71. The minimum Gasteiger partial charge on any atom is -0.463 e. The van der Waals surface area contributed by atoms with Gasteiger partial charge >= 0.3 is 5.97 Å². The maximum absolute atomic E-state index is 13.1. The van der Waals surface area contributed by atoms with Crippen molar-refractivity contribution in [1.82, 2.24) is 4.72 Å². The Balaban J connectivity index is 1.31. The topological polar surface area (TPSA) is 96.9 Å². The SMILES string of the molecule is C[C@H](COC(=O)CC[P+](c1ccccc1)(c1ccccc1)c1ccccc1)N=C1Nc2ccc(Cl)cc2S(=O)(=O)N1. The van der Waals surface area contributed by atoms with Crippen molar-refractivity contribution < 1.29 is 17.9 Å². The number of carbonyl (C=O) groups excluding carboxylic acids is 1. The number of nitrogens with zero attached hydrogens (tertiary/aromatic N) is 1. The van der Waals surface area contributed by atoms with E-state index in [1.807, 2.05) is 54.6 Å². The standard InChI is InChI=1S/C31H30ClN3O4PS/c1-23(33-31-34-28-18-17-24(32)21-29(28)41(37,38)35-31)22-39-30(36)19-20-40(25-11-5-2-6-12-25,26-13-7-3-8-14-26)27-15-9-4-10-16-27/h2-18,21,23H,19-20,22H2,1H3,(H2,33,34,35)/q+1/t23-/m1/s1. The smallest absolute Gasteiger partial charge is 0.309 e. The minimum atomic E-state index is -3.83. The third kappa shape index (κ3) is 6.46. The zero-order valence-electron chi connectivity index (χ0n) is 22.4. The molecule has 0 saturated carbocycles. The first kappa shape index (κ1) is 28.8. The molecule has 0 spiro atoms. The van der Waals surface area contributed by atoms with Gasteiger partial charge in [0.05, 0.1) is 24.3 Å². The molecular weight excluding hydrogens is 577 g/mol. The molecule has 41 heavy (non-hydrogen) atoms. The number of fused-ring (bicyclic) bond motifs is 1. The van der Waals surface area contributed by atoms with Gasteiger partial charge in [-0.05, 0) is 61.5 Å². The zero-order chi connectivity index (χ0) is 28.9. The van der Waals surface area contributed by atoms with Crippen LogP contribution in [0, 0.1) is 0 Å². The van der Waals surface area contributed by atoms with Gasteiger partial charge in [-0.15, -0.1) is 0 Å². The molecule has 4 aromatic rings. The number of anilines is 1. The summed E-state index contributed by atoms with van der Waals surface area (Å²) in [6.45, 7) is 1.76. The lowest BCUT2D eigenvalue weighted by Gasteiger charge is -2.27. The van der Waals surface area contributed by atoms with E-state index in [2.05, 4.69) is 51.4 Å². The van der Waals surface area contributed by atoms with E-state index in [0.717, 1.165) is 0 Å². The maximum Gasteiger partial charge on any atom is 0.309 e. The monoisotopic (exact) mass is 606 g/mol. The second kappa shape index (κ2) is 12.4. The van der Waals surface area contributed by atoms with Gasteiger partial charge in [-0.3, -0.25) is 4.79 Å². The molecule has 1 atom stereocenters. The van der Waals surface area contributed by atoms with E-state index < -0.39 is 23.3 Å². The highest BCUT2D eigenvalue weighted by Gasteiger charge is 2.45. The second-order valence-electron chi connectivity index (χ2n) is 9.67. The van der Waals surface area contributed by atoms with Crippen molar-refractivity contribution in [3.05, 3.63) is 114 Å². The minimum absolute atomic E-state index is 0.00662. The Bertz CT molecular complexity index is 1560. The summed E-state index contributed by atoms with van der Waals surface area (Å²) in [5, 5.41) is 6.87. The predicted octanol–water partition coefficient (Wildman–Crippen LogP) is 4.72. The van der Waals surface area contributed by atoms with E-state index in [1.54, 1.807) is 19.1 Å². The first-order valence-corrected chi connectivity index (χ1v) is 17.0. The van der Waals surface area contributed by atoms with Crippen LogP contribution in [-0.2, 0) is 19.6 Å². The summed E-state index contributed by atoms with van der Waals surface area (Å²) in [6.07, 6.45) is 0.822. The van der Waals surface area contributed by atoms with Crippen molar-refractivity contribution in [2.45, 2.75) is 24.3 Å². The fourth-order valence-corrected chi connectivity index (χ4v) is 10.5. The van der Waals surface area contributed by atoms with Gasteiger partial charge in [0.2, 0.25) is 5.96 Å². The number of rotatable bonds is 9. The van der Waals surface area contributed by atoms with Crippen LogP contribution in [0.5, 0.6) is 0 Å². The lowest BCUT2D eigenvalue weighted by molar-refractivity contribution is -0.143. The highest BCUT2D eigenvalue weighted by Crippen LogP contribution is 2.55. The Kier molecular flexibility index (Phi) is 8.74. The number of ether oxygens (including phenoxy) is 1. The number of hydrogen-bond donors (Lipinski definition) is 2. The summed E-state index contributed by atoms with van der Waals surface area (Å²) in [6, 6.07) is 35.1. The molecule has 0 unspecified atom stereocenters. The number of esters is 1. The molecule has 210 valence electrons. The highest BCUT2D eigenvalue weighted by molar-refractivity contribution is 7.95. The largest absolute Gasteiger partial charge is 0.463 e. The molecule has 0 amide bonds. The summed E-state index contributed by atoms with van der Waals surface area (Å²) < 4.78 is 33.3. The van der Waals surface area contributed by atoms with Crippen LogP contribution in [0.25, 0.3) is 0 Å². The zero-order valence-corrected chi connectivity index (χ0v) is 24.9. The fraction of sp³-hybridized carbons (Fsp3) is 0.161. The highest BCUT2D eigenvalue weighted by atomic mass is 35.5. The molecule has 10 heteroatoms. The van der Waals surface area contributed by atoms with Crippen molar-refractivity contribution in [1.29, 1.82) is 0 Å². The normalized spacial score (nSPS) is 15.7. The molecule has 1 heterocycles. The molecule has 5 rings (SSSR count). The molecule has 0 aromatic heterocycles. The molecule has 1 aliphatic heterocycles. The molecule has 0 bridgehead atoms. The van der Waals surface area contributed by atoms with Gasteiger partial charge in [0.1, 0.15) is 34.7 Å². The van der Waals surface area contributed by atoms with E-state index in [9.17, 15) is 13.2 Å². The van der Waals surface area contributed by atoms with E-state index in [-0.39, 0.29) is 29.9 Å². The van der Waals surface area contributed by atoms with E-state index in [0.29, 0.717) is 16.9 Å². The molecule has 2 N–H and O–H groups in total. The maximum atomic E-state index is 13.1.